The van der Waals surface area contributed by atoms with Gasteiger partial charge in [-0.05, 0) is 18.9 Å². The van der Waals surface area contributed by atoms with E-state index in [1.807, 2.05) is 0 Å². The van der Waals surface area contributed by atoms with Crippen molar-refractivity contribution in [1.82, 2.24) is 25.4 Å². The standard InChI is InChI=1S/C21H28N8O3S/c22-21-24-12-14(13-25-21)19-26-15-11-17(23-6-4-2-1-3-5-16(30)28-31)33-18(15)20(27-19)29-7-9-32-10-8-29/h11-13,23,31H,1-10H2,(H,28,30)(H2,22,24,25). The van der Waals surface area contributed by atoms with E-state index < -0.39 is 0 Å². The van der Waals surface area contributed by atoms with Crippen LogP contribution in [0.5, 0.6) is 0 Å². The first-order valence-electron chi connectivity index (χ1n) is 11.0. The molecule has 0 bridgehead atoms. The van der Waals surface area contributed by atoms with Crippen LogP contribution in [0.15, 0.2) is 18.5 Å². The second-order valence-electron chi connectivity index (χ2n) is 7.75. The molecule has 1 aliphatic rings. The lowest BCUT2D eigenvalue weighted by Gasteiger charge is -2.28. The summed E-state index contributed by atoms with van der Waals surface area (Å²) in [7, 11) is 0. The van der Waals surface area contributed by atoms with Crippen LogP contribution in [-0.4, -0.2) is 63.9 Å². The zero-order valence-corrected chi connectivity index (χ0v) is 19.1. The Balaban J connectivity index is 1.46. The molecule has 0 unspecified atom stereocenters. The van der Waals surface area contributed by atoms with Gasteiger partial charge in [0.05, 0.1) is 34.0 Å². The van der Waals surface area contributed by atoms with Gasteiger partial charge in [-0.15, -0.1) is 11.3 Å². The molecule has 1 amide bonds. The highest BCUT2D eigenvalue weighted by Crippen LogP contribution is 2.36. The minimum atomic E-state index is -0.333. The summed E-state index contributed by atoms with van der Waals surface area (Å²) >= 11 is 1.65. The number of thiophene rings is 1. The molecule has 1 aliphatic heterocycles. The molecule has 12 heteroatoms. The molecule has 4 heterocycles. The number of nitrogen functional groups attached to an aromatic ring is 1. The van der Waals surface area contributed by atoms with Crippen LogP contribution in [0.4, 0.5) is 16.8 Å². The number of anilines is 3. The van der Waals surface area contributed by atoms with Gasteiger partial charge in [-0.25, -0.2) is 25.4 Å². The van der Waals surface area contributed by atoms with Gasteiger partial charge >= 0.3 is 0 Å². The van der Waals surface area contributed by atoms with Crippen molar-refractivity contribution < 1.29 is 14.7 Å². The number of amides is 1. The van der Waals surface area contributed by atoms with Gasteiger partial charge in [0.15, 0.2) is 11.6 Å². The number of carbonyl (C=O) groups excluding carboxylic acids is 1. The van der Waals surface area contributed by atoms with Crippen molar-refractivity contribution in [3.8, 4) is 11.4 Å². The monoisotopic (exact) mass is 472 g/mol. The molecular formula is C21H28N8O3S. The van der Waals surface area contributed by atoms with Crippen LogP contribution in [0.25, 0.3) is 21.6 Å². The van der Waals surface area contributed by atoms with E-state index in [1.165, 1.54) is 0 Å². The topological polar surface area (TPSA) is 151 Å². The van der Waals surface area contributed by atoms with E-state index >= 15 is 0 Å². The largest absolute Gasteiger partial charge is 0.378 e. The van der Waals surface area contributed by atoms with Gasteiger partial charge in [0.25, 0.3) is 0 Å². The van der Waals surface area contributed by atoms with Crippen molar-refractivity contribution >= 4 is 44.2 Å². The van der Waals surface area contributed by atoms with E-state index in [0.29, 0.717) is 25.5 Å². The summed E-state index contributed by atoms with van der Waals surface area (Å²) in [5.74, 6) is 1.35. The zero-order chi connectivity index (χ0) is 23.0. The Kier molecular flexibility index (Phi) is 7.81. The highest BCUT2D eigenvalue weighted by atomic mass is 32.1. The van der Waals surface area contributed by atoms with Crippen molar-refractivity contribution in [3.63, 3.8) is 0 Å². The summed E-state index contributed by atoms with van der Waals surface area (Å²) in [6.45, 7) is 3.72. The number of unbranched alkanes of at least 4 members (excludes halogenated alkanes) is 3. The van der Waals surface area contributed by atoms with Crippen LogP contribution >= 0.6 is 11.3 Å². The summed E-state index contributed by atoms with van der Waals surface area (Å²) in [5, 5.41) is 13.0. The first-order chi connectivity index (χ1) is 16.1. The average Bonchev–Trinajstić information content (AvgIpc) is 3.26. The fourth-order valence-electron chi connectivity index (χ4n) is 3.61. The van der Waals surface area contributed by atoms with E-state index in [4.69, 9.17) is 25.6 Å². The van der Waals surface area contributed by atoms with Crippen LogP contribution in [0.2, 0.25) is 0 Å². The summed E-state index contributed by atoms with van der Waals surface area (Å²) < 4.78 is 6.55. The molecule has 11 nitrogen and oxygen atoms in total. The van der Waals surface area contributed by atoms with E-state index in [0.717, 1.165) is 71.9 Å². The van der Waals surface area contributed by atoms with Crippen LogP contribution < -0.4 is 21.4 Å². The Morgan fingerprint density at radius 2 is 1.91 bits per heavy atom. The molecule has 5 N–H and O–H groups in total. The number of hydroxylamine groups is 1. The van der Waals surface area contributed by atoms with Crippen LogP contribution in [0.3, 0.4) is 0 Å². The number of morpholine rings is 1. The third kappa shape index (κ3) is 6.03. The highest BCUT2D eigenvalue weighted by molar-refractivity contribution is 7.23. The number of nitrogens with zero attached hydrogens (tertiary/aromatic N) is 5. The first-order valence-corrected chi connectivity index (χ1v) is 11.8. The first kappa shape index (κ1) is 23.1. The molecule has 0 aromatic carbocycles. The minimum absolute atomic E-state index is 0.215. The Morgan fingerprint density at radius 3 is 2.67 bits per heavy atom. The van der Waals surface area contributed by atoms with E-state index in [1.54, 1.807) is 29.2 Å². The van der Waals surface area contributed by atoms with Gasteiger partial charge < -0.3 is 20.7 Å². The Bertz CT molecular complexity index is 1070. The number of hydrogen-bond acceptors (Lipinski definition) is 11. The molecule has 1 fully saturated rings. The van der Waals surface area contributed by atoms with Crippen molar-refractivity contribution in [3.05, 3.63) is 18.5 Å². The normalized spacial score (nSPS) is 13.9. The van der Waals surface area contributed by atoms with Crippen molar-refractivity contribution in [2.24, 2.45) is 0 Å². The molecule has 176 valence electrons. The van der Waals surface area contributed by atoms with Gasteiger partial charge in [0.1, 0.15) is 0 Å². The third-order valence-corrected chi connectivity index (χ3v) is 6.43. The van der Waals surface area contributed by atoms with Crippen LogP contribution in [0, 0.1) is 0 Å². The maximum Gasteiger partial charge on any atom is 0.243 e. The smallest absolute Gasteiger partial charge is 0.243 e. The van der Waals surface area contributed by atoms with Crippen LogP contribution in [-0.2, 0) is 9.53 Å². The number of ether oxygens (including phenoxy) is 1. The lowest BCUT2D eigenvalue weighted by atomic mass is 10.1. The number of nitrogens with one attached hydrogen (secondary N) is 2. The minimum Gasteiger partial charge on any atom is -0.378 e. The van der Waals surface area contributed by atoms with E-state index in [9.17, 15) is 4.79 Å². The lowest BCUT2D eigenvalue weighted by Crippen LogP contribution is -2.36. The maximum atomic E-state index is 11.0. The Hall–Kier alpha value is -3.09. The van der Waals surface area contributed by atoms with Gasteiger partial charge in [-0.2, -0.15) is 0 Å². The summed E-state index contributed by atoms with van der Waals surface area (Å²) in [6, 6.07) is 2.05. The fourth-order valence-corrected chi connectivity index (χ4v) is 4.65. The molecule has 0 spiro atoms. The van der Waals surface area contributed by atoms with E-state index in [-0.39, 0.29) is 11.9 Å². The molecule has 0 atom stereocenters. The number of aromatic nitrogens is 4. The predicted molar refractivity (Wildman–Crippen MR) is 127 cm³/mol. The molecule has 1 saturated heterocycles. The van der Waals surface area contributed by atoms with Gasteiger partial charge in [-0.1, -0.05) is 12.8 Å². The lowest BCUT2D eigenvalue weighted by molar-refractivity contribution is -0.129. The number of hydrogen-bond donors (Lipinski definition) is 4. The van der Waals surface area contributed by atoms with Gasteiger partial charge in [0.2, 0.25) is 11.9 Å². The van der Waals surface area contributed by atoms with Crippen LogP contribution in [0.1, 0.15) is 32.1 Å². The molecule has 4 rings (SSSR count). The second kappa shape index (κ2) is 11.2. The molecule has 0 aliphatic carbocycles. The number of fused-ring (bicyclic) bond motifs is 1. The van der Waals surface area contributed by atoms with Crippen molar-refractivity contribution in [2.45, 2.75) is 32.1 Å². The van der Waals surface area contributed by atoms with Crippen molar-refractivity contribution in [1.29, 1.82) is 0 Å². The highest BCUT2D eigenvalue weighted by Gasteiger charge is 2.20. The van der Waals surface area contributed by atoms with Gasteiger partial charge in [-0.3, -0.25) is 10.0 Å². The summed E-state index contributed by atoms with van der Waals surface area (Å²) in [5.41, 5.74) is 8.89. The quantitative estimate of drug-likeness (QED) is 0.197. The van der Waals surface area contributed by atoms with Crippen molar-refractivity contribution in [2.75, 3.05) is 48.8 Å². The average molecular weight is 473 g/mol. The zero-order valence-electron chi connectivity index (χ0n) is 18.3. The molecular weight excluding hydrogens is 444 g/mol. The number of rotatable bonds is 10. The molecule has 3 aromatic heterocycles. The number of carbonyl (C=O) groups is 1. The molecule has 33 heavy (non-hydrogen) atoms. The third-order valence-electron chi connectivity index (χ3n) is 5.35. The van der Waals surface area contributed by atoms with Gasteiger partial charge in [0, 0.05) is 38.4 Å². The maximum absolute atomic E-state index is 11.0. The fraction of sp³-hybridized carbons (Fsp3) is 0.476. The second-order valence-corrected chi connectivity index (χ2v) is 8.80. The SMILES string of the molecule is Nc1ncc(-c2nc(N3CCOCC3)c3sc(NCCCCCCC(=O)NO)cc3n2)cn1. The molecule has 0 saturated carbocycles. The Morgan fingerprint density at radius 1 is 1.15 bits per heavy atom. The molecule has 3 aromatic rings. The summed E-state index contributed by atoms with van der Waals surface area (Å²) in [6.07, 6.45) is 7.35. The Labute approximate surface area is 195 Å². The summed E-state index contributed by atoms with van der Waals surface area (Å²) in [4.78, 5) is 31.1. The van der Waals surface area contributed by atoms with E-state index in [2.05, 4.69) is 26.3 Å². The number of nitrogens with two attached hydrogens (primary N) is 1. The predicted octanol–water partition coefficient (Wildman–Crippen LogP) is 2.43. The molecule has 0 radical (unpaired) electrons.